The molecule has 5 heterocycles. The molecule has 0 bridgehead atoms. The Bertz CT molecular complexity index is 1160. The third-order valence-electron chi connectivity index (χ3n) is 6.93. The summed E-state index contributed by atoms with van der Waals surface area (Å²) in [6, 6.07) is 8.10. The number of carbonyl (C=O) groups excluding carboxylic acids is 1. The van der Waals surface area contributed by atoms with Crippen molar-refractivity contribution < 1.29 is 9.53 Å². The molecule has 1 amide bonds. The van der Waals surface area contributed by atoms with Gasteiger partial charge in [0.05, 0.1) is 30.2 Å². The van der Waals surface area contributed by atoms with Gasteiger partial charge in [0.2, 0.25) is 0 Å². The molecule has 0 saturated carbocycles. The number of rotatable bonds is 4. The van der Waals surface area contributed by atoms with E-state index in [1.54, 1.807) is 4.90 Å². The van der Waals surface area contributed by atoms with Crippen LogP contribution in [0.3, 0.4) is 0 Å². The summed E-state index contributed by atoms with van der Waals surface area (Å²) < 4.78 is 7.55. The first kappa shape index (κ1) is 21.9. The molecule has 0 unspecified atom stereocenters. The minimum Gasteiger partial charge on any atom is -0.383 e. The standard InChI is InChI=1S/C25H32N6O2/c1-17-5-10-31-22(18(2)27-23(31)15-17)16-29-8-6-19(7-9-29)21-4-3-20(24(26)28-21)25(32)30-11-13-33-14-12-30/h3-5,10,15,19H,6-9,11-14,16H2,1-2H3,(H2,26,28). The number of nitrogen functional groups attached to an aromatic ring is 1. The van der Waals surface area contributed by atoms with E-state index >= 15 is 0 Å². The van der Waals surface area contributed by atoms with Gasteiger partial charge < -0.3 is 19.8 Å². The third kappa shape index (κ3) is 4.45. The number of piperidine rings is 1. The SMILES string of the molecule is Cc1ccn2c(CN3CCC(c4ccc(C(=O)N5CCOCC5)c(N)n4)CC3)c(C)nc2c1. The molecule has 0 aromatic carbocycles. The van der Waals surface area contributed by atoms with Crippen molar-refractivity contribution in [1.29, 1.82) is 0 Å². The van der Waals surface area contributed by atoms with E-state index in [1.807, 2.05) is 12.1 Å². The van der Waals surface area contributed by atoms with Gasteiger partial charge in [-0.3, -0.25) is 9.69 Å². The van der Waals surface area contributed by atoms with Crippen LogP contribution in [0.25, 0.3) is 5.65 Å². The van der Waals surface area contributed by atoms with Gasteiger partial charge in [0.15, 0.2) is 0 Å². The summed E-state index contributed by atoms with van der Waals surface area (Å²) in [7, 11) is 0. The highest BCUT2D eigenvalue weighted by molar-refractivity contribution is 5.98. The van der Waals surface area contributed by atoms with Crippen molar-refractivity contribution in [2.24, 2.45) is 0 Å². The number of hydrogen-bond acceptors (Lipinski definition) is 6. The number of morpholine rings is 1. The summed E-state index contributed by atoms with van der Waals surface area (Å²) in [6.45, 7) is 9.43. The van der Waals surface area contributed by atoms with Crippen molar-refractivity contribution >= 4 is 17.4 Å². The van der Waals surface area contributed by atoms with Gasteiger partial charge in [-0.25, -0.2) is 9.97 Å². The minimum absolute atomic E-state index is 0.0525. The molecule has 33 heavy (non-hydrogen) atoms. The fourth-order valence-electron chi connectivity index (χ4n) is 4.94. The number of amides is 1. The van der Waals surface area contributed by atoms with Crippen LogP contribution in [0.4, 0.5) is 5.82 Å². The molecule has 2 saturated heterocycles. The topological polar surface area (TPSA) is 89.0 Å². The van der Waals surface area contributed by atoms with Crippen molar-refractivity contribution in [2.75, 3.05) is 45.1 Å². The lowest BCUT2D eigenvalue weighted by Crippen LogP contribution is -2.41. The van der Waals surface area contributed by atoms with E-state index < -0.39 is 0 Å². The van der Waals surface area contributed by atoms with E-state index in [0.29, 0.717) is 43.6 Å². The van der Waals surface area contributed by atoms with Crippen LogP contribution in [0.1, 0.15) is 51.8 Å². The minimum atomic E-state index is -0.0525. The average molecular weight is 449 g/mol. The van der Waals surface area contributed by atoms with Gasteiger partial charge in [-0.2, -0.15) is 0 Å². The molecule has 2 aliphatic rings. The Hall–Kier alpha value is -2.97. The number of fused-ring (bicyclic) bond motifs is 1. The van der Waals surface area contributed by atoms with E-state index in [1.165, 1.54) is 11.3 Å². The molecular formula is C25H32N6O2. The first-order valence-corrected chi connectivity index (χ1v) is 11.8. The molecule has 174 valence electrons. The zero-order chi connectivity index (χ0) is 22.9. The van der Waals surface area contributed by atoms with Gasteiger partial charge in [0, 0.05) is 37.4 Å². The van der Waals surface area contributed by atoms with Crippen molar-refractivity contribution in [2.45, 2.75) is 39.2 Å². The number of pyridine rings is 2. The summed E-state index contributed by atoms with van der Waals surface area (Å²) in [5, 5.41) is 0. The second-order valence-electron chi connectivity index (χ2n) is 9.20. The Morgan fingerprint density at radius 1 is 1.09 bits per heavy atom. The fraction of sp³-hybridized carbons (Fsp3) is 0.480. The Morgan fingerprint density at radius 2 is 1.85 bits per heavy atom. The Morgan fingerprint density at radius 3 is 2.58 bits per heavy atom. The van der Waals surface area contributed by atoms with E-state index in [0.717, 1.165) is 49.5 Å². The van der Waals surface area contributed by atoms with Gasteiger partial charge in [-0.05, 0) is 69.6 Å². The van der Waals surface area contributed by atoms with E-state index in [9.17, 15) is 4.79 Å². The quantitative estimate of drug-likeness (QED) is 0.660. The normalized spacial score (nSPS) is 18.2. The third-order valence-corrected chi connectivity index (χ3v) is 6.93. The van der Waals surface area contributed by atoms with Crippen molar-refractivity contribution in [1.82, 2.24) is 24.2 Å². The predicted octanol–water partition coefficient (Wildman–Crippen LogP) is 2.78. The molecule has 0 aliphatic carbocycles. The summed E-state index contributed by atoms with van der Waals surface area (Å²) in [5.74, 6) is 0.647. The Balaban J connectivity index is 1.23. The summed E-state index contributed by atoms with van der Waals surface area (Å²) in [6.07, 6.45) is 4.18. The molecular weight excluding hydrogens is 416 g/mol. The number of carbonyl (C=O) groups is 1. The molecule has 3 aromatic heterocycles. The molecule has 0 atom stereocenters. The van der Waals surface area contributed by atoms with Crippen LogP contribution in [0.15, 0.2) is 30.5 Å². The van der Waals surface area contributed by atoms with E-state index in [-0.39, 0.29) is 5.91 Å². The Labute approximate surface area is 194 Å². The number of ether oxygens (including phenoxy) is 1. The highest BCUT2D eigenvalue weighted by atomic mass is 16.5. The fourth-order valence-corrected chi connectivity index (χ4v) is 4.94. The van der Waals surface area contributed by atoms with Gasteiger partial charge >= 0.3 is 0 Å². The lowest BCUT2D eigenvalue weighted by Gasteiger charge is -2.32. The van der Waals surface area contributed by atoms with Gasteiger partial charge in [-0.15, -0.1) is 0 Å². The van der Waals surface area contributed by atoms with Crippen molar-refractivity contribution in [3.63, 3.8) is 0 Å². The molecule has 2 N–H and O–H groups in total. The summed E-state index contributed by atoms with van der Waals surface area (Å²) in [4.78, 5) is 26.4. The molecule has 2 aliphatic heterocycles. The van der Waals surface area contributed by atoms with Crippen molar-refractivity contribution in [3.05, 3.63) is 58.7 Å². The number of nitrogens with two attached hydrogens (primary N) is 1. The number of imidazole rings is 1. The monoisotopic (exact) mass is 448 g/mol. The van der Waals surface area contributed by atoms with Crippen LogP contribution in [0.5, 0.6) is 0 Å². The highest BCUT2D eigenvalue weighted by Crippen LogP contribution is 2.29. The predicted molar refractivity (Wildman–Crippen MR) is 127 cm³/mol. The number of aromatic nitrogens is 3. The number of aryl methyl sites for hydroxylation is 2. The smallest absolute Gasteiger partial charge is 0.257 e. The molecule has 5 rings (SSSR count). The molecule has 8 heteroatoms. The molecule has 0 spiro atoms. The maximum Gasteiger partial charge on any atom is 0.257 e. The van der Waals surface area contributed by atoms with Crippen molar-refractivity contribution in [3.8, 4) is 0 Å². The maximum absolute atomic E-state index is 12.8. The van der Waals surface area contributed by atoms with Crippen LogP contribution in [0, 0.1) is 13.8 Å². The highest BCUT2D eigenvalue weighted by Gasteiger charge is 2.26. The van der Waals surface area contributed by atoms with Gasteiger partial charge in [-0.1, -0.05) is 0 Å². The van der Waals surface area contributed by atoms with Crippen LogP contribution < -0.4 is 5.73 Å². The first-order valence-electron chi connectivity index (χ1n) is 11.8. The van der Waals surface area contributed by atoms with E-state index in [2.05, 4.69) is 46.5 Å². The lowest BCUT2D eigenvalue weighted by molar-refractivity contribution is 0.0303. The first-order chi connectivity index (χ1) is 16.0. The number of nitrogens with zero attached hydrogens (tertiary/aromatic N) is 5. The summed E-state index contributed by atoms with van der Waals surface area (Å²) in [5.41, 5.74) is 12.3. The second-order valence-corrected chi connectivity index (χ2v) is 9.20. The van der Waals surface area contributed by atoms with E-state index in [4.69, 9.17) is 15.5 Å². The molecule has 8 nitrogen and oxygen atoms in total. The van der Waals surface area contributed by atoms with Gasteiger partial charge in [0.1, 0.15) is 11.5 Å². The van der Waals surface area contributed by atoms with Crippen LogP contribution >= 0.6 is 0 Å². The van der Waals surface area contributed by atoms with Crippen LogP contribution in [-0.2, 0) is 11.3 Å². The molecule has 2 fully saturated rings. The lowest BCUT2D eigenvalue weighted by atomic mass is 9.92. The number of anilines is 1. The molecule has 0 radical (unpaired) electrons. The largest absolute Gasteiger partial charge is 0.383 e. The average Bonchev–Trinajstić information content (AvgIpc) is 3.13. The molecule has 3 aromatic rings. The van der Waals surface area contributed by atoms with Crippen LogP contribution in [0.2, 0.25) is 0 Å². The zero-order valence-electron chi connectivity index (χ0n) is 19.5. The summed E-state index contributed by atoms with van der Waals surface area (Å²) >= 11 is 0. The maximum atomic E-state index is 12.8. The zero-order valence-corrected chi connectivity index (χ0v) is 19.5. The number of hydrogen-bond donors (Lipinski definition) is 1. The van der Waals surface area contributed by atoms with Crippen LogP contribution in [-0.4, -0.2) is 69.5 Å². The second kappa shape index (κ2) is 9.11. The number of likely N-dealkylation sites (tertiary alicyclic amines) is 1. The van der Waals surface area contributed by atoms with Gasteiger partial charge in [0.25, 0.3) is 5.91 Å². The Kier molecular flexibility index (Phi) is 6.03.